The Kier molecular flexibility index (Phi) is 6.93. The first kappa shape index (κ1) is 22.9. The van der Waals surface area contributed by atoms with Crippen LogP contribution in [0.2, 0.25) is 0 Å². The first-order chi connectivity index (χ1) is 15.4. The molecule has 0 unspecified atom stereocenters. The van der Waals surface area contributed by atoms with Crippen molar-refractivity contribution in [1.82, 2.24) is 19.4 Å². The Morgan fingerprint density at radius 1 is 1.09 bits per heavy atom. The smallest absolute Gasteiger partial charge is 0.215 e. The summed E-state index contributed by atoms with van der Waals surface area (Å²) >= 11 is 0. The van der Waals surface area contributed by atoms with Gasteiger partial charge in [-0.25, -0.2) is 17.1 Å². The molecule has 0 spiro atoms. The topological polar surface area (TPSA) is 69.3 Å². The van der Waals surface area contributed by atoms with E-state index in [1.54, 1.807) is 10.4 Å². The van der Waals surface area contributed by atoms with E-state index >= 15 is 0 Å². The second-order valence-electron chi connectivity index (χ2n) is 8.40. The van der Waals surface area contributed by atoms with Crippen molar-refractivity contribution >= 4 is 20.9 Å². The first-order valence-corrected chi connectivity index (χ1v) is 13.0. The first-order valence-electron chi connectivity index (χ1n) is 11.4. The lowest BCUT2D eigenvalue weighted by atomic mass is 9.91. The van der Waals surface area contributed by atoms with Crippen molar-refractivity contribution in [2.45, 2.75) is 32.6 Å². The molecule has 1 aliphatic rings. The molecular formula is C24H31FN4O2S. The lowest BCUT2D eigenvalue weighted by Gasteiger charge is -2.31. The largest absolute Gasteiger partial charge is 0.303 e. The monoisotopic (exact) mass is 458 g/mol. The number of fused-ring (bicyclic) bond motifs is 1. The highest BCUT2D eigenvalue weighted by atomic mass is 32.2. The third-order valence-corrected chi connectivity index (χ3v) is 8.41. The second kappa shape index (κ2) is 9.68. The minimum absolute atomic E-state index is 0.170. The van der Waals surface area contributed by atoms with Gasteiger partial charge in [-0.2, -0.15) is 5.10 Å². The van der Waals surface area contributed by atoms with E-state index in [9.17, 15) is 12.8 Å². The van der Waals surface area contributed by atoms with E-state index < -0.39 is 10.0 Å². The highest BCUT2D eigenvalue weighted by molar-refractivity contribution is 7.89. The predicted octanol–water partition coefficient (Wildman–Crippen LogP) is 4.22. The highest BCUT2D eigenvalue weighted by Crippen LogP contribution is 2.34. The Morgan fingerprint density at radius 2 is 1.81 bits per heavy atom. The molecule has 2 heterocycles. The number of hydrogen-bond donors (Lipinski definition) is 1. The van der Waals surface area contributed by atoms with Crippen molar-refractivity contribution < 1.29 is 12.8 Å². The molecule has 0 radical (unpaired) electrons. The second-order valence-corrected chi connectivity index (χ2v) is 10.5. The number of nitrogens with one attached hydrogen (secondary N) is 1. The molecule has 1 fully saturated rings. The minimum Gasteiger partial charge on any atom is -0.303 e. The zero-order valence-electron chi connectivity index (χ0n) is 18.7. The van der Waals surface area contributed by atoms with Crippen LogP contribution >= 0.6 is 0 Å². The van der Waals surface area contributed by atoms with Gasteiger partial charge in [-0.15, -0.1) is 0 Å². The maximum Gasteiger partial charge on any atom is 0.215 e. The molecule has 8 heteroatoms. The number of sulfonamides is 1. The maximum absolute atomic E-state index is 13.7. The summed E-state index contributed by atoms with van der Waals surface area (Å²) in [6.07, 6.45) is 1.51. The van der Waals surface area contributed by atoms with Crippen LogP contribution in [0.25, 0.3) is 22.0 Å². The number of rotatable bonds is 8. The van der Waals surface area contributed by atoms with Crippen molar-refractivity contribution in [3.8, 4) is 11.1 Å². The fourth-order valence-electron chi connectivity index (χ4n) is 4.52. The summed E-state index contributed by atoms with van der Waals surface area (Å²) in [5.74, 6) is 0.130. The molecule has 1 aromatic heterocycles. The van der Waals surface area contributed by atoms with E-state index in [1.165, 1.54) is 12.1 Å². The van der Waals surface area contributed by atoms with Crippen LogP contribution < -0.4 is 0 Å². The van der Waals surface area contributed by atoms with Gasteiger partial charge in [0, 0.05) is 36.6 Å². The molecule has 4 rings (SSSR count). The lowest BCUT2D eigenvalue weighted by Crippen LogP contribution is -2.41. The van der Waals surface area contributed by atoms with Gasteiger partial charge in [0.05, 0.1) is 11.3 Å². The number of halogens is 1. The number of aromatic nitrogens is 2. The summed E-state index contributed by atoms with van der Waals surface area (Å²) in [7, 11) is -3.25. The van der Waals surface area contributed by atoms with Gasteiger partial charge in [-0.05, 0) is 61.3 Å². The lowest BCUT2D eigenvalue weighted by molar-refractivity contribution is 0.302. The van der Waals surface area contributed by atoms with Gasteiger partial charge in [0.1, 0.15) is 5.82 Å². The Labute approximate surface area is 189 Å². The molecule has 6 nitrogen and oxygen atoms in total. The van der Waals surface area contributed by atoms with Crippen molar-refractivity contribution in [3.05, 3.63) is 54.0 Å². The molecule has 32 heavy (non-hydrogen) atoms. The van der Waals surface area contributed by atoms with Gasteiger partial charge < -0.3 is 4.90 Å². The Hall–Kier alpha value is -2.29. The van der Waals surface area contributed by atoms with Crippen molar-refractivity contribution in [1.29, 1.82) is 0 Å². The van der Waals surface area contributed by atoms with Gasteiger partial charge in [0.2, 0.25) is 10.0 Å². The quantitative estimate of drug-likeness (QED) is 0.549. The summed E-state index contributed by atoms with van der Waals surface area (Å²) < 4.78 is 40.9. The average molecular weight is 459 g/mol. The minimum atomic E-state index is -3.25. The normalized spacial score (nSPS) is 16.2. The summed E-state index contributed by atoms with van der Waals surface area (Å²) in [6, 6.07) is 12.5. The third kappa shape index (κ3) is 4.87. The fourth-order valence-corrected chi connectivity index (χ4v) is 6.04. The number of H-pyrrole nitrogens is 1. The third-order valence-electron chi connectivity index (χ3n) is 6.56. The van der Waals surface area contributed by atoms with Crippen molar-refractivity contribution in [2.75, 3.05) is 38.5 Å². The molecule has 1 N–H and O–H groups in total. The summed E-state index contributed by atoms with van der Waals surface area (Å²) in [4.78, 5) is 2.14. The average Bonchev–Trinajstić information content (AvgIpc) is 3.23. The van der Waals surface area contributed by atoms with E-state index in [2.05, 4.69) is 35.0 Å². The van der Waals surface area contributed by atoms with E-state index in [0.717, 1.165) is 53.7 Å². The van der Waals surface area contributed by atoms with Crippen LogP contribution in [-0.4, -0.2) is 66.3 Å². The van der Waals surface area contributed by atoms with Gasteiger partial charge in [-0.1, -0.05) is 32.0 Å². The maximum atomic E-state index is 13.7. The number of nitrogens with zero attached hydrogens (tertiary/aromatic N) is 3. The molecule has 0 aliphatic carbocycles. The van der Waals surface area contributed by atoms with Gasteiger partial charge in [0.15, 0.2) is 0 Å². The predicted molar refractivity (Wildman–Crippen MR) is 127 cm³/mol. The van der Waals surface area contributed by atoms with Crippen LogP contribution in [0.15, 0.2) is 42.5 Å². The van der Waals surface area contributed by atoms with E-state index in [-0.39, 0.29) is 17.5 Å². The number of piperidine rings is 1. The van der Waals surface area contributed by atoms with E-state index in [0.29, 0.717) is 19.6 Å². The molecule has 0 saturated carbocycles. The molecule has 172 valence electrons. The summed E-state index contributed by atoms with van der Waals surface area (Å²) in [5, 5.41) is 8.65. The SMILES string of the molecule is CCN(CC)CCS(=O)(=O)N1CCC(c2[nH]nc3ccc(-c4cccc(F)c4)cc23)CC1. The number of aromatic amines is 1. The van der Waals surface area contributed by atoms with E-state index in [1.807, 2.05) is 18.2 Å². The zero-order valence-corrected chi connectivity index (χ0v) is 19.5. The standard InChI is InChI=1S/C24H31FN4O2S/c1-3-28(4-2)14-15-32(30,31)29-12-10-18(11-13-29)24-22-17-20(8-9-23(22)26-27-24)19-6-5-7-21(25)16-19/h5-9,16-18H,3-4,10-15H2,1-2H3,(H,26,27). The molecule has 0 atom stereocenters. The molecule has 1 aliphatic heterocycles. The van der Waals surface area contributed by atoms with Crippen LogP contribution in [0.1, 0.15) is 38.3 Å². The fraction of sp³-hybridized carbons (Fsp3) is 0.458. The van der Waals surface area contributed by atoms with Crippen LogP contribution in [0.3, 0.4) is 0 Å². The number of hydrogen-bond acceptors (Lipinski definition) is 4. The van der Waals surface area contributed by atoms with Gasteiger partial charge >= 0.3 is 0 Å². The van der Waals surface area contributed by atoms with Crippen molar-refractivity contribution in [3.63, 3.8) is 0 Å². The zero-order chi connectivity index (χ0) is 22.7. The molecule has 3 aromatic rings. The molecular weight excluding hydrogens is 427 g/mol. The van der Waals surface area contributed by atoms with Crippen LogP contribution in [0.5, 0.6) is 0 Å². The highest BCUT2D eigenvalue weighted by Gasteiger charge is 2.30. The Balaban J connectivity index is 1.47. The molecule has 2 aromatic carbocycles. The summed E-state index contributed by atoms with van der Waals surface area (Å²) in [6.45, 7) is 7.44. The van der Waals surface area contributed by atoms with Gasteiger partial charge in [-0.3, -0.25) is 5.10 Å². The van der Waals surface area contributed by atoms with Crippen LogP contribution in [0.4, 0.5) is 4.39 Å². The van der Waals surface area contributed by atoms with Crippen molar-refractivity contribution in [2.24, 2.45) is 0 Å². The molecule has 1 saturated heterocycles. The van der Waals surface area contributed by atoms with Crippen LogP contribution in [-0.2, 0) is 10.0 Å². The number of benzene rings is 2. The Morgan fingerprint density at radius 3 is 2.50 bits per heavy atom. The van der Waals surface area contributed by atoms with E-state index in [4.69, 9.17) is 0 Å². The Bertz CT molecular complexity index is 1170. The van der Waals surface area contributed by atoms with Crippen LogP contribution in [0, 0.1) is 5.82 Å². The van der Waals surface area contributed by atoms with Gasteiger partial charge in [0.25, 0.3) is 0 Å². The molecule has 0 bridgehead atoms. The summed E-state index contributed by atoms with van der Waals surface area (Å²) in [5.41, 5.74) is 3.68. The molecule has 0 amide bonds.